The number of hydrogen-bond donors (Lipinski definition) is 1. The molecule has 0 spiro atoms. The highest BCUT2D eigenvalue weighted by Gasteiger charge is 2.28. The highest BCUT2D eigenvalue weighted by atomic mass is 32.2. The van der Waals surface area contributed by atoms with Gasteiger partial charge in [0.25, 0.3) is 5.91 Å². The van der Waals surface area contributed by atoms with Gasteiger partial charge in [0.15, 0.2) is 0 Å². The van der Waals surface area contributed by atoms with E-state index in [4.69, 9.17) is 4.74 Å². The largest absolute Gasteiger partial charge is 0.384 e. The van der Waals surface area contributed by atoms with Gasteiger partial charge in [-0.25, -0.2) is 22.5 Å². The van der Waals surface area contributed by atoms with Gasteiger partial charge in [0.2, 0.25) is 15.8 Å². The number of methoxy groups -OCH3 is 1. The van der Waals surface area contributed by atoms with Gasteiger partial charge in [-0.05, 0) is 66.1 Å². The van der Waals surface area contributed by atoms with Gasteiger partial charge < -0.3 is 10.1 Å². The lowest BCUT2D eigenvalue weighted by Crippen LogP contribution is -2.38. The van der Waals surface area contributed by atoms with Crippen molar-refractivity contribution < 1.29 is 22.3 Å². The average Bonchev–Trinajstić information content (AvgIpc) is 3.33. The summed E-state index contributed by atoms with van der Waals surface area (Å²) < 4.78 is 47.7. The number of rotatable bonds is 8. The number of pyridine rings is 1. The van der Waals surface area contributed by atoms with E-state index in [1.807, 2.05) is 13.8 Å². The zero-order valence-electron chi connectivity index (χ0n) is 19.6. The molecule has 2 aromatic heterocycles. The molecule has 1 aliphatic rings. The van der Waals surface area contributed by atoms with E-state index in [0.717, 1.165) is 0 Å². The first-order valence-electron chi connectivity index (χ1n) is 11.0. The number of benzene rings is 1. The molecule has 1 amide bonds. The number of ether oxygens (including phenoxy) is 1. The predicted molar refractivity (Wildman–Crippen MR) is 126 cm³/mol. The van der Waals surface area contributed by atoms with Crippen LogP contribution in [0.2, 0.25) is 0 Å². The Kier molecular flexibility index (Phi) is 7.19. The van der Waals surface area contributed by atoms with Crippen LogP contribution in [0.5, 0.6) is 0 Å². The molecule has 1 aliphatic heterocycles. The number of amides is 1. The second-order valence-electron chi connectivity index (χ2n) is 8.40. The van der Waals surface area contributed by atoms with Crippen LogP contribution in [0.15, 0.2) is 30.3 Å². The van der Waals surface area contributed by atoms with Gasteiger partial charge in [-0.15, -0.1) is 5.10 Å². The molecule has 0 saturated carbocycles. The molecule has 0 radical (unpaired) electrons. The van der Waals surface area contributed by atoms with Crippen LogP contribution in [-0.2, 0) is 27.7 Å². The molecule has 0 fully saturated rings. The fraction of sp³-hybridized carbons (Fsp3) is 0.409. The van der Waals surface area contributed by atoms with Gasteiger partial charge in [0.1, 0.15) is 17.3 Å². The number of sulfonamides is 1. The van der Waals surface area contributed by atoms with Gasteiger partial charge in [-0.2, -0.15) is 4.31 Å². The summed E-state index contributed by atoms with van der Waals surface area (Å²) in [5.41, 5.74) is 1.52. The molecule has 35 heavy (non-hydrogen) atoms. The van der Waals surface area contributed by atoms with Crippen LogP contribution in [0.4, 0.5) is 10.2 Å². The lowest BCUT2D eigenvalue weighted by Gasteiger charge is -2.28. The molecule has 0 saturated heterocycles. The number of aromatic nitrogens is 5. The molecular formula is C22H26FN7O4S. The zero-order valence-corrected chi connectivity index (χ0v) is 20.4. The van der Waals surface area contributed by atoms with Crippen molar-refractivity contribution in [1.82, 2.24) is 29.5 Å². The Morgan fingerprint density at radius 1 is 1.26 bits per heavy atom. The Morgan fingerprint density at radius 3 is 2.80 bits per heavy atom. The van der Waals surface area contributed by atoms with Crippen LogP contribution < -0.4 is 5.32 Å². The highest BCUT2D eigenvalue weighted by molar-refractivity contribution is 7.89. The number of hydrogen-bond acceptors (Lipinski definition) is 8. The number of carbonyl (C=O) groups is 1. The van der Waals surface area contributed by atoms with Crippen molar-refractivity contribution in [1.29, 1.82) is 0 Å². The van der Waals surface area contributed by atoms with Gasteiger partial charge in [-0.1, -0.05) is 6.07 Å². The minimum absolute atomic E-state index is 0.00233. The summed E-state index contributed by atoms with van der Waals surface area (Å²) in [6.45, 7) is 4.24. The SMILES string of the molecule is COCCS(=O)(=O)N1CCc2cc(F)c(C(=O)Nc3cccc(-c4nnnn4C(C)C)n3)cc2C1. The summed E-state index contributed by atoms with van der Waals surface area (Å²) in [5, 5.41) is 14.2. The van der Waals surface area contributed by atoms with Crippen molar-refractivity contribution in [3.63, 3.8) is 0 Å². The van der Waals surface area contributed by atoms with Crippen LogP contribution in [0, 0.1) is 5.82 Å². The van der Waals surface area contributed by atoms with Crippen LogP contribution in [-0.4, -0.2) is 69.8 Å². The number of anilines is 1. The van der Waals surface area contributed by atoms with E-state index in [-0.39, 0.29) is 42.9 Å². The second kappa shape index (κ2) is 10.1. The number of fused-ring (bicyclic) bond motifs is 1. The van der Waals surface area contributed by atoms with Gasteiger partial charge in [0.05, 0.1) is 24.0 Å². The number of halogens is 1. The minimum Gasteiger partial charge on any atom is -0.384 e. The summed E-state index contributed by atoms with van der Waals surface area (Å²) in [6, 6.07) is 7.67. The molecule has 0 aliphatic carbocycles. The standard InChI is InChI=1S/C22H26FN7O4S/c1-14(2)30-21(26-27-28-30)19-5-4-6-20(24-19)25-22(31)17-11-16-13-29(35(32,33)10-9-34-3)8-7-15(16)12-18(17)23/h4-6,11-12,14H,7-10,13H2,1-3H3,(H,24,25,31). The first kappa shape index (κ1) is 24.8. The molecule has 11 nitrogen and oxygen atoms in total. The van der Waals surface area contributed by atoms with Gasteiger partial charge >= 0.3 is 0 Å². The van der Waals surface area contributed by atoms with E-state index in [2.05, 4.69) is 25.8 Å². The van der Waals surface area contributed by atoms with E-state index in [9.17, 15) is 17.6 Å². The Hall–Kier alpha value is -3.29. The molecule has 1 N–H and O–H groups in total. The van der Waals surface area contributed by atoms with E-state index in [1.165, 1.54) is 23.5 Å². The third kappa shape index (κ3) is 5.36. The van der Waals surface area contributed by atoms with Crippen molar-refractivity contribution in [2.45, 2.75) is 32.9 Å². The molecule has 186 valence electrons. The zero-order chi connectivity index (χ0) is 25.2. The van der Waals surface area contributed by atoms with Crippen molar-refractivity contribution >= 4 is 21.7 Å². The molecule has 4 rings (SSSR count). The molecule has 0 bridgehead atoms. The third-order valence-electron chi connectivity index (χ3n) is 5.65. The minimum atomic E-state index is -3.53. The third-order valence-corrected chi connectivity index (χ3v) is 7.43. The lowest BCUT2D eigenvalue weighted by atomic mass is 9.97. The summed E-state index contributed by atoms with van der Waals surface area (Å²) in [6.07, 6.45) is 0.356. The average molecular weight is 504 g/mol. The molecule has 1 aromatic carbocycles. The fourth-order valence-corrected chi connectivity index (χ4v) is 5.15. The summed E-state index contributed by atoms with van der Waals surface area (Å²) >= 11 is 0. The fourth-order valence-electron chi connectivity index (χ4n) is 3.81. The summed E-state index contributed by atoms with van der Waals surface area (Å²) in [7, 11) is -2.09. The molecule has 13 heteroatoms. The van der Waals surface area contributed by atoms with Crippen LogP contribution >= 0.6 is 0 Å². The van der Waals surface area contributed by atoms with Crippen LogP contribution in [0.25, 0.3) is 11.5 Å². The molecular weight excluding hydrogens is 477 g/mol. The van der Waals surface area contributed by atoms with Gasteiger partial charge in [-0.3, -0.25) is 4.79 Å². The first-order valence-corrected chi connectivity index (χ1v) is 12.6. The van der Waals surface area contributed by atoms with Crippen molar-refractivity contribution in [2.24, 2.45) is 0 Å². The summed E-state index contributed by atoms with van der Waals surface area (Å²) in [4.78, 5) is 17.3. The maximum absolute atomic E-state index is 14.8. The maximum atomic E-state index is 14.8. The van der Waals surface area contributed by atoms with Crippen molar-refractivity contribution in [3.05, 3.63) is 52.8 Å². The Labute approximate surface area is 202 Å². The Bertz CT molecular complexity index is 1340. The topological polar surface area (TPSA) is 132 Å². The normalized spacial score (nSPS) is 14.2. The molecule has 0 atom stereocenters. The molecule has 3 heterocycles. The number of carbonyl (C=O) groups excluding carboxylic acids is 1. The smallest absolute Gasteiger partial charge is 0.259 e. The highest BCUT2D eigenvalue weighted by Crippen LogP contribution is 2.26. The first-order chi connectivity index (χ1) is 16.7. The van der Waals surface area contributed by atoms with E-state index in [1.54, 1.807) is 22.9 Å². The van der Waals surface area contributed by atoms with Crippen LogP contribution in [0.3, 0.4) is 0 Å². The number of nitrogens with one attached hydrogen (secondary N) is 1. The number of tetrazole rings is 1. The Morgan fingerprint density at radius 2 is 2.06 bits per heavy atom. The van der Waals surface area contributed by atoms with E-state index in [0.29, 0.717) is 29.1 Å². The van der Waals surface area contributed by atoms with Crippen molar-refractivity contribution in [3.8, 4) is 11.5 Å². The predicted octanol–water partition coefficient (Wildman–Crippen LogP) is 2.04. The van der Waals surface area contributed by atoms with E-state index < -0.39 is 21.7 Å². The van der Waals surface area contributed by atoms with E-state index >= 15 is 0 Å². The quantitative estimate of drug-likeness (QED) is 0.494. The Balaban J connectivity index is 1.55. The van der Waals surface area contributed by atoms with Crippen LogP contribution in [0.1, 0.15) is 41.4 Å². The van der Waals surface area contributed by atoms with Crippen molar-refractivity contribution in [2.75, 3.05) is 31.3 Å². The second-order valence-corrected chi connectivity index (χ2v) is 10.5. The molecule has 0 unspecified atom stereocenters. The van der Waals surface area contributed by atoms with Gasteiger partial charge in [0, 0.05) is 20.2 Å². The molecule has 3 aromatic rings. The number of nitrogens with zero attached hydrogens (tertiary/aromatic N) is 6. The summed E-state index contributed by atoms with van der Waals surface area (Å²) in [5.74, 6) is -0.887. The lowest BCUT2D eigenvalue weighted by molar-refractivity contribution is 0.102. The maximum Gasteiger partial charge on any atom is 0.259 e. The monoisotopic (exact) mass is 503 g/mol.